The van der Waals surface area contributed by atoms with Crippen molar-refractivity contribution in [1.29, 1.82) is 0 Å². The first kappa shape index (κ1) is 18.7. The Morgan fingerprint density at radius 3 is 2.61 bits per heavy atom. The minimum Gasteiger partial charge on any atom is -0.342 e. The van der Waals surface area contributed by atoms with Crippen LogP contribution in [0.25, 0.3) is 0 Å². The van der Waals surface area contributed by atoms with E-state index in [-0.39, 0.29) is 11.5 Å². The van der Waals surface area contributed by atoms with Crippen LogP contribution in [-0.4, -0.2) is 40.4 Å². The van der Waals surface area contributed by atoms with Crippen molar-refractivity contribution < 1.29 is 4.79 Å². The van der Waals surface area contributed by atoms with Gasteiger partial charge in [-0.05, 0) is 43.4 Å². The number of carbonyl (C=O) groups is 1. The Bertz CT molecular complexity index is 900. The summed E-state index contributed by atoms with van der Waals surface area (Å²) in [5.41, 5.74) is 3.74. The number of piperidine rings is 1. The Balaban J connectivity index is 1.47. The topological polar surface area (TPSA) is 81.3 Å². The van der Waals surface area contributed by atoms with Crippen LogP contribution in [0.3, 0.4) is 0 Å². The van der Waals surface area contributed by atoms with Crippen molar-refractivity contribution in [3.63, 3.8) is 0 Å². The number of hydrogen-bond acceptors (Lipinski definition) is 5. The molecule has 2 N–H and O–H groups in total. The van der Waals surface area contributed by atoms with E-state index < -0.39 is 0 Å². The van der Waals surface area contributed by atoms with Gasteiger partial charge in [-0.1, -0.05) is 12.1 Å². The highest BCUT2D eigenvalue weighted by molar-refractivity contribution is 5.88. The number of nitrogens with one attached hydrogen (secondary N) is 2. The molecule has 0 atom stereocenters. The van der Waals surface area contributed by atoms with Crippen molar-refractivity contribution in [2.75, 3.05) is 29.9 Å². The largest absolute Gasteiger partial charge is 0.342 e. The van der Waals surface area contributed by atoms with E-state index in [1.165, 1.54) is 18.9 Å². The van der Waals surface area contributed by atoms with Gasteiger partial charge in [-0.15, -0.1) is 0 Å². The van der Waals surface area contributed by atoms with Gasteiger partial charge in [0.05, 0.1) is 5.69 Å². The number of benzene rings is 1. The third-order valence-corrected chi connectivity index (χ3v) is 5.48. The summed E-state index contributed by atoms with van der Waals surface area (Å²) in [6, 6.07) is 7.91. The summed E-state index contributed by atoms with van der Waals surface area (Å²) in [4.78, 5) is 36.0. The first-order valence-electron chi connectivity index (χ1n) is 10.0. The molecule has 0 spiro atoms. The van der Waals surface area contributed by atoms with Gasteiger partial charge >= 0.3 is 0 Å². The molecule has 7 heteroatoms. The minimum absolute atomic E-state index is 0.0184. The van der Waals surface area contributed by atoms with E-state index in [1.807, 2.05) is 24.3 Å². The van der Waals surface area contributed by atoms with E-state index in [4.69, 9.17) is 4.98 Å². The molecule has 28 heavy (non-hydrogen) atoms. The highest BCUT2D eigenvalue weighted by Gasteiger charge is 2.23. The van der Waals surface area contributed by atoms with Crippen molar-refractivity contribution >= 4 is 17.5 Å². The normalized spacial score (nSPS) is 17.2. The number of fused-ring (bicyclic) bond motifs is 1. The molecule has 2 aliphatic rings. The lowest BCUT2D eigenvalue weighted by molar-refractivity contribution is -0.114. The number of rotatable bonds is 4. The van der Waals surface area contributed by atoms with Crippen LogP contribution >= 0.6 is 0 Å². The first-order chi connectivity index (χ1) is 13.6. The van der Waals surface area contributed by atoms with Crippen LogP contribution in [-0.2, 0) is 24.3 Å². The summed E-state index contributed by atoms with van der Waals surface area (Å²) in [5.74, 6) is 0.658. The number of hydrogen-bond donors (Lipinski definition) is 2. The van der Waals surface area contributed by atoms with Crippen LogP contribution in [0, 0.1) is 0 Å². The average Bonchev–Trinajstić information content (AvgIpc) is 2.69. The summed E-state index contributed by atoms with van der Waals surface area (Å²) in [6.07, 6.45) is 4.28. The standard InChI is InChI=1S/C21H27N5O2/c1-15(27)22-17-7-5-16(6-8-17)13-25-12-9-18-19(14-25)23-21(24-20(18)28)26-10-3-2-4-11-26/h5-8H,2-4,9-14H2,1H3,(H,22,27)(H,23,24,28). The monoisotopic (exact) mass is 381 g/mol. The summed E-state index contributed by atoms with van der Waals surface area (Å²) in [7, 11) is 0. The first-order valence-corrected chi connectivity index (χ1v) is 10.0. The van der Waals surface area contributed by atoms with E-state index in [1.54, 1.807) is 0 Å². The zero-order valence-electron chi connectivity index (χ0n) is 16.3. The second-order valence-corrected chi connectivity index (χ2v) is 7.70. The zero-order valence-corrected chi connectivity index (χ0v) is 16.3. The van der Waals surface area contributed by atoms with E-state index in [9.17, 15) is 9.59 Å². The lowest BCUT2D eigenvalue weighted by Crippen LogP contribution is -2.38. The van der Waals surface area contributed by atoms with Crippen LogP contribution in [0.15, 0.2) is 29.1 Å². The average molecular weight is 381 g/mol. The fourth-order valence-corrected chi connectivity index (χ4v) is 4.03. The Hall–Kier alpha value is -2.67. The van der Waals surface area contributed by atoms with Crippen molar-refractivity contribution in [2.45, 2.75) is 45.7 Å². The maximum atomic E-state index is 12.5. The van der Waals surface area contributed by atoms with E-state index in [0.29, 0.717) is 6.54 Å². The van der Waals surface area contributed by atoms with Crippen molar-refractivity contribution in [3.8, 4) is 0 Å². The lowest BCUT2D eigenvalue weighted by atomic mass is 10.1. The highest BCUT2D eigenvalue weighted by atomic mass is 16.1. The third kappa shape index (κ3) is 4.25. The van der Waals surface area contributed by atoms with Crippen LogP contribution in [0.2, 0.25) is 0 Å². The molecule has 0 saturated carbocycles. The van der Waals surface area contributed by atoms with Crippen LogP contribution in [0.5, 0.6) is 0 Å². The summed E-state index contributed by atoms with van der Waals surface area (Å²) in [5, 5.41) is 2.79. The second kappa shape index (κ2) is 8.14. The van der Waals surface area contributed by atoms with Gasteiger partial charge in [0.2, 0.25) is 11.9 Å². The smallest absolute Gasteiger partial charge is 0.255 e. The molecule has 2 aliphatic heterocycles. The molecule has 1 saturated heterocycles. The second-order valence-electron chi connectivity index (χ2n) is 7.70. The van der Waals surface area contributed by atoms with Gasteiger partial charge in [0.1, 0.15) is 0 Å². The molecule has 1 amide bonds. The third-order valence-electron chi connectivity index (χ3n) is 5.48. The number of aromatic nitrogens is 2. The SMILES string of the molecule is CC(=O)Nc1ccc(CN2CCc3c(nc(N4CCCCC4)[nH]c3=O)C2)cc1. The fourth-order valence-electron chi connectivity index (χ4n) is 4.03. The van der Waals surface area contributed by atoms with Crippen LogP contribution in [0.4, 0.5) is 11.6 Å². The number of H-pyrrole nitrogens is 1. The summed E-state index contributed by atoms with van der Waals surface area (Å²) >= 11 is 0. The summed E-state index contributed by atoms with van der Waals surface area (Å²) < 4.78 is 0. The molecule has 0 unspecified atom stereocenters. The molecule has 0 radical (unpaired) electrons. The summed E-state index contributed by atoms with van der Waals surface area (Å²) in [6.45, 7) is 5.76. The van der Waals surface area contributed by atoms with Gasteiger partial charge < -0.3 is 10.2 Å². The van der Waals surface area contributed by atoms with Crippen molar-refractivity contribution in [2.24, 2.45) is 0 Å². The Morgan fingerprint density at radius 2 is 1.89 bits per heavy atom. The van der Waals surface area contributed by atoms with E-state index in [2.05, 4.69) is 20.1 Å². The van der Waals surface area contributed by atoms with Crippen LogP contribution < -0.4 is 15.8 Å². The van der Waals surface area contributed by atoms with Crippen molar-refractivity contribution in [1.82, 2.24) is 14.9 Å². The Morgan fingerprint density at radius 1 is 1.14 bits per heavy atom. The molecule has 7 nitrogen and oxygen atoms in total. The molecule has 148 valence electrons. The predicted octanol–water partition coefficient (Wildman–Crippen LogP) is 2.28. The lowest BCUT2D eigenvalue weighted by Gasteiger charge is -2.30. The van der Waals surface area contributed by atoms with Crippen molar-refractivity contribution in [3.05, 3.63) is 51.4 Å². The van der Waals surface area contributed by atoms with Gasteiger partial charge in [-0.3, -0.25) is 19.5 Å². The van der Waals surface area contributed by atoms with E-state index >= 15 is 0 Å². The number of anilines is 2. The number of amides is 1. The van der Waals surface area contributed by atoms with Gasteiger partial charge in [-0.25, -0.2) is 4.98 Å². The molecule has 1 aromatic heterocycles. The molecular formula is C21H27N5O2. The van der Waals surface area contributed by atoms with Gasteiger partial charge in [0.15, 0.2) is 0 Å². The van der Waals surface area contributed by atoms with Crippen LogP contribution in [0.1, 0.15) is 43.0 Å². The highest BCUT2D eigenvalue weighted by Crippen LogP contribution is 2.21. The number of aromatic amines is 1. The Kier molecular flexibility index (Phi) is 5.43. The molecule has 0 aliphatic carbocycles. The molecule has 2 aromatic rings. The van der Waals surface area contributed by atoms with Gasteiger partial charge in [0.25, 0.3) is 5.56 Å². The number of carbonyl (C=O) groups excluding carboxylic acids is 1. The van der Waals surface area contributed by atoms with Gasteiger partial charge in [0, 0.05) is 50.9 Å². The quantitative estimate of drug-likeness (QED) is 0.849. The molecule has 4 rings (SSSR count). The maximum absolute atomic E-state index is 12.5. The molecular weight excluding hydrogens is 354 g/mol. The molecule has 0 bridgehead atoms. The Labute approximate surface area is 164 Å². The molecule has 1 aromatic carbocycles. The minimum atomic E-state index is -0.0683. The number of nitrogens with zero attached hydrogens (tertiary/aromatic N) is 3. The molecule has 1 fully saturated rings. The maximum Gasteiger partial charge on any atom is 0.255 e. The fraction of sp³-hybridized carbons (Fsp3) is 0.476. The van der Waals surface area contributed by atoms with Gasteiger partial charge in [-0.2, -0.15) is 0 Å². The molecule has 3 heterocycles. The van der Waals surface area contributed by atoms with E-state index in [0.717, 1.165) is 68.3 Å². The zero-order chi connectivity index (χ0) is 19.5. The predicted molar refractivity (Wildman–Crippen MR) is 109 cm³/mol.